The minimum Gasteiger partial charge on any atom is -0.464 e. The highest BCUT2D eigenvalue weighted by atomic mass is 16.5. The average molecular weight is 241 g/mol. The molecule has 4 heteroatoms. The lowest BCUT2D eigenvalue weighted by molar-refractivity contribution is 0.0337. The first-order valence-electron chi connectivity index (χ1n) is 6.21. The second kappa shape index (κ2) is 8.28. The monoisotopic (exact) mass is 241 g/mol. The molecule has 0 aliphatic carbocycles. The van der Waals surface area contributed by atoms with Crippen molar-refractivity contribution in [2.75, 3.05) is 19.8 Å². The van der Waals surface area contributed by atoms with Gasteiger partial charge in [0, 0.05) is 18.7 Å². The maximum absolute atomic E-state index is 5.57. The third-order valence-electron chi connectivity index (χ3n) is 2.55. The van der Waals surface area contributed by atoms with Crippen molar-refractivity contribution in [1.29, 1.82) is 0 Å². The molecule has 0 aliphatic rings. The molecule has 2 N–H and O–H groups in total. The van der Waals surface area contributed by atoms with Crippen LogP contribution in [0.5, 0.6) is 0 Å². The van der Waals surface area contributed by atoms with E-state index in [9.17, 15) is 0 Å². The Labute approximate surface area is 103 Å². The lowest BCUT2D eigenvalue weighted by Gasteiger charge is -2.03. The van der Waals surface area contributed by atoms with Gasteiger partial charge in [0.05, 0.1) is 13.2 Å². The van der Waals surface area contributed by atoms with E-state index < -0.39 is 0 Å². The summed E-state index contributed by atoms with van der Waals surface area (Å²) >= 11 is 0. The SMILES string of the molecule is CCCCOCCOCc1cc(CN)c(C)o1. The average Bonchev–Trinajstić information content (AvgIpc) is 2.68. The van der Waals surface area contributed by atoms with Gasteiger partial charge in [-0.15, -0.1) is 0 Å². The zero-order valence-corrected chi connectivity index (χ0v) is 10.8. The molecule has 4 nitrogen and oxygen atoms in total. The van der Waals surface area contributed by atoms with Gasteiger partial charge in [-0.2, -0.15) is 0 Å². The molecule has 1 aromatic rings. The first-order chi connectivity index (χ1) is 8.27. The molecular weight excluding hydrogens is 218 g/mol. The first-order valence-corrected chi connectivity index (χ1v) is 6.21. The molecule has 0 saturated carbocycles. The van der Waals surface area contributed by atoms with E-state index in [1.165, 1.54) is 0 Å². The first kappa shape index (κ1) is 14.2. The van der Waals surface area contributed by atoms with E-state index in [1.807, 2.05) is 13.0 Å². The molecule has 0 amide bonds. The fraction of sp³-hybridized carbons (Fsp3) is 0.692. The topological polar surface area (TPSA) is 57.6 Å². The third kappa shape index (κ3) is 5.35. The number of furan rings is 1. The molecule has 0 unspecified atom stereocenters. The van der Waals surface area contributed by atoms with Gasteiger partial charge in [-0.05, 0) is 19.4 Å². The summed E-state index contributed by atoms with van der Waals surface area (Å²) in [4.78, 5) is 0. The number of ether oxygens (including phenoxy) is 2. The highest BCUT2D eigenvalue weighted by Gasteiger charge is 2.05. The van der Waals surface area contributed by atoms with Crippen LogP contribution in [0.15, 0.2) is 10.5 Å². The number of unbranched alkanes of at least 4 members (excludes halogenated alkanes) is 1. The van der Waals surface area contributed by atoms with Crippen molar-refractivity contribution in [2.45, 2.75) is 39.8 Å². The molecule has 0 radical (unpaired) electrons. The summed E-state index contributed by atoms with van der Waals surface area (Å²) in [6.07, 6.45) is 2.27. The molecular formula is C13H23NO3. The van der Waals surface area contributed by atoms with Gasteiger partial charge >= 0.3 is 0 Å². The zero-order valence-electron chi connectivity index (χ0n) is 10.8. The van der Waals surface area contributed by atoms with Crippen LogP contribution >= 0.6 is 0 Å². The van der Waals surface area contributed by atoms with Gasteiger partial charge in [-0.25, -0.2) is 0 Å². The Kier molecular flexibility index (Phi) is 6.93. The van der Waals surface area contributed by atoms with Gasteiger partial charge in [-0.3, -0.25) is 0 Å². The summed E-state index contributed by atoms with van der Waals surface area (Å²) in [5, 5.41) is 0. The van der Waals surface area contributed by atoms with Crippen LogP contribution in [0, 0.1) is 6.92 Å². The van der Waals surface area contributed by atoms with Crippen LogP contribution in [0.4, 0.5) is 0 Å². The van der Waals surface area contributed by atoms with Crippen molar-refractivity contribution < 1.29 is 13.9 Å². The van der Waals surface area contributed by atoms with Crippen LogP contribution in [0.3, 0.4) is 0 Å². The Morgan fingerprint density at radius 2 is 2.00 bits per heavy atom. The standard InChI is InChI=1S/C13H23NO3/c1-3-4-5-15-6-7-16-10-13-8-12(9-14)11(2)17-13/h8H,3-7,9-10,14H2,1-2H3. The van der Waals surface area contributed by atoms with Gasteiger partial charge in [0.25, 0.3) is 0 Å². The van der Waals surface area contributed by atoms with Gasteiger partial charge < -0.3 is 19.6 Å². The van der Waals surface area contributed by atoms with Crippen molar-refractivity contribution in [1.82, 2.24) is 0 Å². The summed E-state index contributed by atoms with van der Waals surface area (Å²) in [5.74, 6) is 1.71. The summed E-state index contributed by atoms with van der Waals surface area (Å²) in [7, 11) is 0. The predicted octanol–water partition coefficient (Wildman–Crippen LogP) is 2.38. The van der Waals surface area contributed by atoms with E-state index in [0.717, 1.165) is 36.5 Å². The molecule has 0 saturated heterocycles. The van der Waals surface area contributed by atoms with E-state index >= 15 is 0 Å². The highest BCUT2D eigenvalue weighted by Crippen LogP contribution is 2.14. The zero-order chi connectivity index (χ0) is 12.5. The van der Waals surface area contributed by atoms with Crippen molar-refractivity contribution in [3.63, 3.8) is 0 Å². The van der Waals surface area contributed by atoms with Crippen molar-refractivity contribution in [3.8, 4) is 0 Å². The number of rotatable bonds is 9. The fourth-order valence-electron chi connectivity index (χ4n) is 1.50. The van der Waals surface area contributed by atoms with Gasteiger partial charge in [-0.1, -0.05) is 13.3 Å². The fourth-order valence-corrected chi connectivity index (χ4v) is 1.50. The van der Waals surface area contributed by atoms with Crippen LogP contribution in [-0.4, -0.2) is 19.8 Å². The summed E-state index contributed by atoms with van der Waals surface area (Å²) in [5.41, 5.74) is 6.61. The summed E-state index contributed by atoms with van der Waals surface area (Å²) in [6.45, 7) is 7.11. The Bertz CT molecular complexity index is 310. The maximum Gasteiger partial charge on any atom is 0.130 e. The molecule has 0 atom stereocenters. The number of nitrogens with two attached hydrogens (primary N) is 1. The van der Waals surface area contributed by atoms with Crippen molar-refractivity contribution in [2.24, 2.45) is 5.73 Å². The Morgan fingerprint density at radius 1 is 1.24 bits per heavy atom. The quantitative estimate of drug-likeness (QED) is 0.674. The normalized spacial score (nSPS) is 11.0. The smallest absolute Gasteiger partial charge is 0.130 e. The van der Waals surface area contributed by atoms with E-state index in [4.69, 9.17) is 19.6 Å². The van der Waals surface area contributed by atoms with E-state index in [2.05, 4.69) is 6.92 Å². The molecule has 17 heavy (non-hydrogen) atoms. The minimum absolute atomic E-state index is 0.484. The Balaban J connectivity index is 2.09. The Hall–Kier alpha value is -0.840. The predicted molar refractivity (Wildman–Crippen MR) is 66.7 cm³/mol. The highest BCUT2D eigenvalue weighted by molar-refractivity contribution is 5.19. The molecule has 0 fully saturated rings. The minimum atomic E-state index is 0.484. The molecule has 0 aromatic carbocycles. The molecule has 0 spiro atoms. The lowest BCUT2D eigenvalue weighted by atomic mass is 10.2. The number of aryl methyl sites for hydroxylation is 1. The summed E-state index contributed by atoms with van der Waals surface area (Å²) in [6, 6.07) is 1.95. The maximum atomic E-state index is 5.57. The third-order valence-corrected chi connectivity index (χ3v) is 2.55. The number of hydrogen-bond donors (Lipinski definition) is 1. The van der Waals surface area contributed by atoms with E-state index in [1.54, 1.807) is 0 Å². The van der Waals surface area contributed by atoms with Gasteiger partial charge in [0.2, 0.25) is 0 Å². The molecule has 0 aliphatic heterocycles. The molecule has 98 valence electrons. The van der Waals surface area contributed by atoms with E-state index in [0.29, 0.717) is 26.4 Å². The second-order valence-electron chi connectivity index (χ2n) is 4.02. The van der Waals surface area contributed by atoms with Crippen LogP contribution in [0.1, 0.15) is 36.8 Å². The van der Waals surface area contributed by atoms with Crippen LogP contribution in [0.2, 0.25) is 0 Å². The largest absolute Gasteiger partial charge is 0.464 e. The second-order valence-corrected chi connectivity index (χ2v) is 4.02. The Morgan fingerprint density at radius 3 is 2.65 bits per heavy atom. The molecule has 1 rings (SSSR count). The molecule has 0 bridgehead atoms. The summed E-state index contributed by atoms with van der Waals surface area (Å²) < 4.78 is 16.3. The lowest BCUT2D eigenvalue weighted by Crippen LogP contribution is -2.04. The van der Waals surface area contributed by atoms with Crippen LogP contribution in [-0.2, 0) is 22.6 Å². The van der Waals surface area contributed by atoms with Crippen molar-refractivity contribution in [3.05, 3.63) is 23.2 Å². The van der Waals surface area contributed by atoms with Gasteiger partial charge in [0.15, 0.2) is 0 Å². The molecule has 1 aromatic heterocycles. The van der Waals surface area contributed by atoms with Gasteiger partial charge in [0.1, 0.15) is 18.1 Å². The number of hydrogen-bond acceptors (Lipinski definition) is 4. The van der Waals surface area contributed by atoms with E-state index in [-0.39, 0.29) is 0 Å². The van der Waals surface area contributed by atoms with Crippen LogP contribution in [0.25, 0.3) is 0 Å². The van der Waals surface area contributed by atoms with Crippen molar-refractivity contribution >= 4 is 0 Å². The van der Waals surface area contributed by atoms with Crippen LogP contribution < -0.4 is 5.73 Å². The molecule has 1 heterocycles.